The van der Waals surface area contributed by atoms with Crippen molar-refractivity contribution in [3.05, 3.63) is 193 Å². The lowest BCUT2D eigenvalue weighted by Gasteiger charge is -2.11. The van der Waals surface area contributed by atoms with Crippen molar-refractivity contribution in [3.8, 4) is 90.6 Å². The number of aromatic nitrogens is 6. The highest BCUT2D eigenvalue weighted by Gasteiger charge is 2.15. The van der Waals surface area contributed by atoms with Crippen LogP contribution in [-0.4, -0.2) is 29.9 Å². The molecule has 6 heteroatoms. The SMILES string of the molecule is Cc1ccc(-c2nc(-c3ccc(C)cc3)nc(-c3cccc(-c4cccc(-c5cccc(-c6nc(-c7ccccc7)nc(-c7ccccc7)n6)c5)c4)c3)n2)cc1. The molecule has 0 fully saturated rings. The molecule has 56 heavy (non-hydrogen) atoms. The van der Waals surface area contributed by atoms with E-state index in [0.29, 0.717) is 34.9 Å². The Bertz CT molecular complexity index is 2680. The van der Waals surface area contributed by atoms with Crippen LogP contribution in [0.2, 0.25) is 0 Å². The summed E-state index contributed by atoms with van der Waals surface area (Å²) in [6.45, 7) is 4.16. The molecule has 0 aliphatic carbocycles. The summed E-state index contributed by atoms with van der Waals surface area (Å²) in [5, 5.41) is 0. The number of benzene rings is 7. The molecule has 0 atom stereocenters. The molecule has 9 aromatic rings. The Morgan fingerprint density at radius 3 is 0.768 bits per heavy atom. The summed E-state index contributed by atoms with van der Waals surface area (Å²) in [5.41, 5.74) is 12.3. The average Bonchev–Trinajstić information content (AvgIpc) is 3.27. The minimum absolute atomic E-state index is 0.621. The van der Waals surface area contributed by atoms with Crippen LogP contribution in [0.3, 0.4) is 0 Å². The van der Waals surface area contributed by atoms with Gasteiger partial charge in [-0.2, -0.15) is 0 Å². The lowest BCUT2D eigenvalue weighted by atomic mass is 9.97. The van der Waals surface area contributed by atoms with Crippen molar-refractivity contribution in [1.82, 2.24) is 29.9 Å². The Kier molecular flexibility index (Phi) is 9.27. The maximum absolute atomic E-state index is 5.00. The molecule has 0 saturated heterocycles. The molecule has 0 radical (unpaired) electrons. The van der Waals surface area contributed by atoms with Crippen molar-refractivity contribution in [2.75, 3.05) is 0 Å². The van der Waals surface area contributed by atoms with E-state index in [1.807, 2.05) is 60.7 Å². The molecule has 2 heterocycles. The molecule has 0 bridgehead atoms. The van der Waals surface area contributed by atoms with Crippen molar-refractivity contribution >= 4 is 0 Å². The first-order valence-electron chi connectivity index (χ1n) is 18.6. The molecular weight excluding hydrogens is 685 g/mol. The minimum atomic E-state index is 0.621. The largest absolute Gasteiger partial charge is 0.208 e. The number of rotatable bonds is 8. The van der Waals surface area contributed by atoms with Gasteiger partial charge in [0.25, 0.3) is 0 Å². The highest BCUT2D eigenvalue weighted by atomic mass is 15.0. The molecule has 0 N–H and O–H groups in total. The summed E-state index contributed by atoms with van der Waals surface area (Å²) in [5.74, 6) is 3.80. The Hall–Kier alpha value is -7.44. The van der Waals surface area contributed by atoms with E-state index in [-0.39, 0.29) is 0 Å². The standard InChI is InChI=1S/C50H36N6/c1-33-22-26-37(27-23-33)47-52-48(38-28-24-34(2)25-29-38)56-50(55-47)44-21-11-19-42(32-44)40-17-9-16-39(30-40)41-18-10-20-43(31-41)49-53-45(35-12-5-3-6-13-35)51-46(54-49)36-14-7-4-8-15-36/h3-32H,1-2H3. The topological polar surface area (TPSA) is 77.3 Å². The van der Waals surface area contributed by atoms with E-state index in [0.717, 1.165) is 55.6 Å². The molecule has 0 amide bonds. The van der Waals surface area contributed by atoms with Crippen molar-refractivity contribution in [2.45, 2.75) is 13.8 Å². The second kappa shape index (κ2) is 15.1. The zero-order valence-electron chi connectivity index (χ0n) is 31.0. The van der Waals surface area contributed by atoms with Gasteiger partial charge >= 0.3 is 0 Å². The van der Waals surface area contributed by atoms with E-state index in [1.54, 1.807) is 0 Å². The Morgan fingerprint density at radius 2 is 0.446 bits per heavy atom. The fraction of sp³-hybridized carbons (Fsp3) is 0.0400. The number of aryl methyl sites for hydroxylation is 2. The fourth-order valence-corrected chi connectivity index (χ4v) is 6.66. The zero-order chi connectivity index (χ0) is 37.8. The smallest absolute Gasteiger partial charge is 0.164 e. The first-order chi connectivity index (χ1) is 27.5. The van der Waals surface area contributed by atoms with Gasteiger partial charge < -0.3 is 0 Å². The average molecular weight is 721 g/mol. The van der Waals surface area contributed by atoms with Crippen LogP contribution in [0, 0.1) is 13.8 Å². The van der Waals surface area contributed by atoms with Crippen molar-refractivity contribution < 1.29 is 0 Å². The maximum Gasteiger partial charge on any atom is 0.164 e. The molecule has 9 rings (SSSR count). The summed E-state index contributed by atoms with van der Waals surface area (Å²) in [7, 11) is 0. The van der Waals surface area contributed by atoms with Crippen LogP contribution in [0.15, 0.2) is 182 Å². The normalized spacial score (nSPS) is 11.0. The van der Waals surface area contributed by atoms with Crippen LogP contribution in [0.4, 0.5) is 0 Å². The first kappa shape index (κ1) is 34.3. The van der Waals surface area contributed by atoms with Crippen LogP contribution in [0.1, 0.15) is 11.1 Å². The van der Waals surface area contributed by atoms with Gasteiger partial charge in [0, 0.05) is 33.4 Å². The zero-order valence-corrected chi connectivity index (χ0v) is 31.0. The Morgan fingerprint density at radius 1 is 0.214 bits per heavy atom. The van der Waals surface area contributed by atoms with Crippen LogP contribution in [0.5, 0.6) is 0 Å². The van der Waals surface area contributed by atoms with Gasteiger partial charge in [-0.05, 0) is 54.3 Å². The van der Waals surface area contributed by atoms with Crippen LogP contribution < -0.4 is 0 Å². The van der Waals surface area contributed by atoms with E-state index in [9.17, 15) is 0 Å². The fourth-order valence-electron chi connectivity index (χ4n) is 6.66. The summed E-state index contributed by atoms with van der Waals surface area (Å²) in [4.78, 5) is 29.7. The molecule has 0 spiro atoms. The van der Waals surface area contributed by atoms with Crippen molar-refractivity contribution in [3.63, 3.8) is 0 Å². The maximum atomic E-state index is 5.00. The van der Waals surface area contributed by atoms with Gasteiger partial charge in [0.1, 0.15) is 0 Å². The van der Waals surface area contributed by atoms with Gasteiger partial charge in [-0.25, -0.2) is 29.9 Å². The van der Waals surface area contributed by atoms with Crippen LogP contribution in [-0.2, 0) is 0 Å². The molecule has 2 aromatic heterocycles. The highest BCUT2D eigenvalue weighted by molar-refractivity contribution is 5.78. The quantitative estimate of drug-likeness (QED) is 0.155. The van der Waals surface area contributed by atoms with E-state index in [4.69, 9.17) is 29.9 Å². The second-order valence-electron chi connectivity index (χ2n) is 13.8. The van der Waals surface area contributed by atoms with Gasteiger partial charge in [0.2, 0.25) is 0 Å². The summed E-state index contributed by atoms with van der Waals surface area (Å²) in [6.07, 6.45) is 0. The van der Waals surface area contributed by atoms with Gasteiger partial charge in [0.05, 0.1) is 0 Å². The third-order valence-electron chi connectivity index (χ3n) is 9.73. The minimum Gasteiger partial charge on any atom is -0.208 e. The Balaban J connectivity index is 1.08. The third kappa shape index (κ3) is 7.36. The Labute approximate surface area is 326 Å². The molecular formula is C50H36N6. The third-order valence-corrected chi connectivity index (χ3v) is 9.73. The first-order valence-corrected chi connectivity index (χ1v) is 18.6. The van der Waals surface area contributed by atoms with Crippen LogP contribution in [0.25, 0.3) is 90.6 Å². The molecule has 0 aliphatic heterocycles. The monoisotopic (exact) mass is 720 g/mol. The van der Waals surface area contributed by atoms with Crippen molar-refractivity contribution in [1.29, 1.82) is 0 Å². The van der Waals surface area contributed by atoms with Gasteiger partial charge in [0.15, 0.2) is 34.9 Å². The highest BCUT2D eigenvalue weighted by Crippen LogP contribution is 2.33. The molecule has 0 unspecified atom stereocenters. The van der Waals surface area contributed by atoms with E-state index < -0.39 is 0 Å². The van der Waals surface area contributed by atoms with E-state index >= 15 is 0 Å². The lowest BCUT2D eigenvalue weighted by Crippen LogP contribution is -2.00. The molecule has 6 nitrogen and oxygen atoms in total. The van der Waals surface area contributed by atoms with Gasteiger partial charge in [-0.1, -0.05) is 175 Å². The summed E-state index contributed by atoms with van der Waals surface area (Å²) >= 11 is 0. The number of hydrogen-bond acceptors (Lipinski definition) is 6. The number of nitrogens with zero attached hydrogens (tertiary/aromatic N) is 6. The summed E-state index contributed by atoms with van der Waals surface area (Å²) in [6, 6.07) is 62.1. The predicted octanol–water partition coefficient (Wildman–Crippen LogP) is 12.0. The molecule has 0 aliphatic rings. The molecule has 266 valence electrons. The van der Waals surface area contributed by atoms with Gasteiger partial charge in [-0.15, -0.1) is 0 Å². The van der Waals surface area contributed by atoms with E-state index in [2.05, 4.69) is 135 Å². The van der Waals surface area contributed by atoms with Crippen LogP contribution >= 0.6 is 0 Å². The van der Waals surface area contributed by atoms with Crippen molar-refractivity contribution in [2.24, 2.45) is 0 Å². The second-order valence-corrected chi connectivity index (χ2v) is 13.8. The molecule has 7 aromatic carbocycles. The summed E-state index contributed by atoms with van der Waals surface area (Å²) < 4.78 is 0. The van der Waals surface area contributed by atoms with Gasteiger partial charge in [-0.3, -0.25) is 0 Å². The molecule has 0 saturated carbocycles. The number of hydrogen-bond donors (Lipinski definition) is 0. The lowest BCUT2D eigenvalue weighted by molar-refractivity contribution is 1.07. The van der Waals surface area contributed by atoms with E-state index in [1.165, 1.54) is 11.1 Å². The predicted molar refractivity (Wildman–Crippen MR) is 226 cm³/mol.